The Morgan fingerprint density at radius 2 is 2.00 bits per heavy atom. The molecule has 0 unspecified atom stereocenters. The molecule has 4 nitrogen and oxygen atoms in total. The van der Waals surface area contributed by atoms with Gasteiger partial charge >= 0.3 is 5.97 Å². The van der Waals surface area contributed by atoms with Crippen molar-refractivity contribution in [2.24, 2.45) is 0 Å². The SMILES string of the molecule is O=C(O)CC1=CCOc2cc(OCc3ccccc3)ccc21. The van der Waals surface area contributed by atoms with E-state index in [1.807, 2.05) is 48.5 Å². The minimum atomic E-state index is -0.844. The second-order valence-electron chi connectivity index (χ2n) is 5.04. The van der Waals surface area contributed by atoms with E-state index in [2.05, 4.69) is 0 Å². The number of ether oxygens (including phenoxy) is 2. The van der Waals surface area contributed by atoms with Crippen molar-refractivity contribution in [3.05, 3.63) is 65.7 Å². The lowest BCUT2D eigenvalue weighted by Gasteiger charge is -2.19. The molecule has 3 rings (SSSR count). The predicted molar refractivity (Wildman–Crippen MR) is 82.9 cm³/mol. The number of rotatable bonds is 5. The zero-order valence-electron chi connectivity index (χ0n) is 12.0. The molecule has 112 valence electrons. The Balaban J connectivity index is 1.74. The first kappa shape index (κ1) is 14.2. The first-order valence-electron chi connectivity index (χ1n) is 7.07. The summed E-state index contributed by atoms with van der Waals surface area (Å²) in [5, 5.41) is 8.95. The first-order chi connectivity index (χ1) is 10.7. The van der Waals surface area contributed by atoms with Crippen LogP contribution in [-0.4, -0.2) is 17.7 Å². The van der Waals surface area contributed by atoms with Gasteiger partial charge in [-0.05, 0) is 29.3 Å². The molecule has 1 N–H and O–H groups in total. The topological polar surface area (TPSA) is 55.8 Å². The molecule has 1 aliphatic rings. The average molecular weight is 296 g/mol. The third-order valence-electron chi connectivity index (χ3n) is 3.46. The normalized spacial score (nSPS) is 12.8. The van der Waals surface area contributed by atoms with Crippen LogP contribution in [0, 0.1) is 0 Å². The number of fused-ring (bicyclic) bond motifs is 1. The van der Waals surface area contributed by atoms with Crippen molar-refractivity contribution in [1.29, 1.82) is 0 Å². The van der Waals surface area contributed by atoms with Crippen molar-refractivity contribution < 1.29 is 19.4 Å². The summed E-state index contributed by atoms with van der Waals surface area (Å²) in [7, 11) is 0. The summed E-state index contributed by atoms with van der Waals surface area (Å²) in [6.07, 6.45) is 1.81. The van der Waals surface area contributed by atoms with Crippen LogP contribution in [0.2, 0.25) is 0 Å². The monoisotopic (exact) mass is 296 g/mol. The first-order valence-corrected chi connectivity index (χ1v) is 7.07. The molecule has 1 heterocycles. The Kier molecular flexibility index (Phi) is 4.10. The summed E-state index contributed by atoms with van der Waals surface area (Å²) in [6, 6.07) is 15.4. The molecule has 0 fully saturated rings. The van der Waals surface area contributed by atoms with Crippen LogP contribution in [-0.2, 0) is 11.4 Å². The molecule has 0 aromatic heterocycles. The lowest BCUT2D eigenvalue weighted by molar-refractivity contribution is -0.135. The molecule has 4 heteroatoms. The van der Waals surface area contributed by atoms with Gasteiger partial charge in [0.05, 0.1) is 6.42 Å². The van der Waals surface area contributed by atoms with Crippen LogP contribution in [0.3, 0.4) is 0 Å². The fourth-order valence-electron chi connectivity index (χ4n) is 2.39. The maximum absolute atomic E-state index is 10.9. The van der Waals surface area contributed by atoms with Crippen molar-refractivity contribution in [2.75, 3.05) is 6.61 Å². The zero-order valence-corrected chi connectivity index (χ0v) is 12.0. The Morgan fingerprint density at radius 3 is 2.77 bits per heavy atom. The van der Waals surface area contributed by atoms with Gasteiger partial charge in [-0.15, -0.1) is 0 Å². The smallest absolute Gasteiger partial charge is 0.307 e. The van der Waals surface area contributed by atoms with E-state index in [1.54, 1.807) is 6.08 Å². The van der Waals surface area contributed by atoms with Crippen molar-refractivity contribution in [2.45, 2.75) is 13.0 Å². The molecule has 0 radical (unpaired) electrons. The highest BCUT2D eigenvalue weighted by molar-refractivity contribution is 5.86. The van der Waals surface area contributed by atoms with E-state index in [9.17, 15) is 4.79 Å². The summed E-state index contributed by atoms with van der Waals surface area (Å²) < 4.78 is 11.3. The second kappa shape index (κ2) is 6.35. The molecule has 0 saturated carbocycles. The standard InChI is InChI=1S/C18H16O4/c19-18(20)10-14-8-9-21-17-11-15(6-7-16(14)17)22-12-13-4-2-1-3-5-13/h1-8,11H,9-10,12H2,(H,19,20). The van der Waals surface area contributed by atoms with Crippen LogP contribution in [0.1, 0.15) is 17.5 Å². The third kappa shape index (κ3) is 3.28. The Hall–Kier alpha value is -2.75. The van der Waals surface area contributed by atoms with E-state index in [0.29, 0.717) is 24.7 Å². The van der Waals surface area contributed by atoms with E-state index in [1.165, 1.54) is 0 Å². The molecule has 0 bridgehead atoms. The van der Waals surface area contributed by atoms with Crippen LogP contribution in [0.4, 0.5) is 0 Å². The van der Waals surface area contributed by atoms with Gasteiger partial charge in [-0.2, -0.15) is 0 Å². The van der Waals surface area contributed by atoms with Crippen LogP contribution in [0.25, 0.3) is 5.57 Å². The van der Waals surface area contributed by atoms with Gasteiger partial charge in [0, 0.05) is 11.6 Å². The van der Waals surface area contributed by atoms with E-state index < -0.39 is 5.97 Å². The average Bonchev–Trinajstić information content (AvgIpc) is 2.53. The molecule has 0 atom stereocenters. The molecular formula is C18H16O4. The Bertz CT molecular complexity index is 704. The van der Waals surface area contributed by atoms with Gasteiger partial charge in [0.2, 0.25) is 0 Å². The number of hydrogen-bond donors (Lipinski definition) is 1. The summed E-state index contributed by atoms with van der Waals surface area (Å²) in [5.74, 6) is 0.534. The van der Waals surface area contributed by atoms with E-state index in [-0.39, 0.29) is 6.42 Å². The van der Waals surface area contributed by atoms with Crippen LogP contribution in [0.5, 0.6) is 11.5 Å². The maximum Gasteiger partial charge on any atom is 0.307 e. The van der Waals surface area contributed by atoms with Gasteiger partial charge in [-0.1, -0.05) is 30.3 Å². The fourth-order valence-corrected chi connectivity index (χ4v) is 2.39. The van der Waals surface area contributed by atoms with Gasteiger partial charge in [-0.3, -0.25) is 4.79 Å². The minimum absolute atomic E-state index is 0.000575. The fraction of sp³-hybridized carbons (Fsp3) is 0.167. The number of aliphatic carboxylic acids is 1. The molecule has 22 heavy (non-hydrogen) atoms. The molecule has 0 amide bonds. The van der Waals surface area contributed by atoms with Gasteiger partial charge in [0.1, 0.15) is 24.7 Å². The van der Waals surface area contributed by atoms with Crippen molar-refractivity contribution >= 4 is 11.5 Å². The van der Waals surface area contributed by atoms with E-state index >= 15 is 0 Å². The minimum Gasteiger partial charge on any atom is -0.489 e. The molecule has 0 spiro atoms. The predicted octanol–water partition coefficient (Wildman–Crippen LogP) is 3.52. The van der Waals surface area contributed by atoms with Gasteiger partial charge in [0.25, 0.3) is 0 Å². The number of benzene rings is 2. The number of carboxylic acid groups (broad SMARTS) is 1. The highest BCUT2D eigenvalue weighted by Gasteiger charge is 2.16. The van der Waals surface area contributed by atoms with Gasteiger partial charge in [0.15, 0.2) is 0 Å². The summed E-state index contributed by atoms with van der Waals surface area (Å²) in [5.41, 5.74) is 2.69. The molecule has 2 aromatic rings. The maximum atomic E-state index is 10.9. The number of hydrogen-bond acceptors (Lipinski definition) is 3. The number of carboxylic acids is 1. The molecule has 0 saturated heterocycles. The van der Waals surface area contributed by atoms with Crippen LogP contribution < -0.4 is 9.47 Å². The summed E-state index contributed by atoms with van der Waals surface area (Å²) >= 11 is 0. The van der Waals surface area contributed by atoms with Crippen molar-refractivity contribution in [3.63, 3.8) is 0 Å². The highest BCUT2D eigenvalue weighted by atomic mass is 16.5. The molecule has 1 aliphatic heterocycles. The lowest BCUT2D eigenvalue weighted by atomic mass is 9.99. The Morgan fingerprint density at radius 1 is 1.18 bits per heavy atom. The highest BCUT2D eigenvalue weighted by Crippen LogP contribution is 2.34. The quantitative estimate of drug-likeness (QED) is 0.917. The van der Waals surface area contributed by atoms with Crippen molar-refractivity contribution in [3.8, 4) is 11.5 Å². The van der Waals surface area contributed by atoms with Crippen molar-refractivity contribution in [1.82, 2.24) is 0 Å². The third-order valence-corrected chi connectivity index (χ3v) is 3.46. The lowest BCUT2D eigenvalue weighted by Crippen LogP contribution is -2.08. The molecule has 2 aromatic carbocycles. The van der Waals surface area contributed by atoms with E-state index in [4.69, 9.17) is 14.6 Å². The van der Waals surface area contributed by atoms with Crippen LogP contribution in [0.15, 0.2) is 54.6 Å². The molecule has 0 aliphatic carbocycles. The molecular weight excluding hydrogens is 280 g/mol. The van der Waals surface area contributed by atoms with E-state index in [0.717, 1.165) is 16.7 Å². The van der Waals surface area contributed by atoms with Gasteiger partial charge in [-0.25, -0.2) is 0 Å². The summed E-state index contributed by atoms with van der Waals surface area (Å²) in [6.45, 7) is 0.870. The number of carbonyl (C=O) groups is 1. The summed E-state index contributed by atoms with van der Waals surface area (Å²) in [4.78, 5) is 10.9. The largest absolute Gasteiger partial charge is 0.489 e. The van der Waals surface area contributed by atoms with Gasteiger partial charge < -0.3 is 14.6 Å². The van der Waals surface area contributed by atoms with Crippen LogP contribution >= 0.6 is 0 Å². The zero-order chi connectivity index (χ0) is 15.4. The Labute approximate surface area is 128 Å². The second-order valence-corrected chi connectivity index (χ2v) is 5.04.